The van der Waals surface area contributed by atoms with Crippen LogP contribution in [0.15, 0.2) is 54.7 Å². The van der Waals surface area contributed by atoms with Crippen LogP contribution in [0.2, 0.25) is 0 Å². The third-order valence-corrected chi connectivity index (χ3v) is 4.69. The van der Waals surface area contributed by atoms with E-state index in [0.717, 1.165) is 17.4 Å². The summed E-state index contributed by atoms with van der Waals surface area (Å²) in [6.07, 6.45) is -3.11. The predicted molar refractivity (Wildman–Crippen MR) is 125 cm³/mol. The van der Waals surface area contributed by atoms with Crippen molar-refractivity contribution in [2.45, 2.75) is 20.0 Å². The first kappa shape index (κ1) is 27.0. The Morgan fingerprint density at radius 2 is 1.60 bits per heavy atom. The molecule has 8 nitrogen and oxygen atoms in total. The molecule has 0 aliphatic carbocycles. The van der Waals surface area contributed by atoms with Crippen molar-refractivity contribution in [3.05, 3.63) is 77.1 Å². The number of hydrogen-bond donors (Lipinski definition) is 4. The zero-order chi connectivity index (χ0) is 26.2. The Labute approximate surface area is 200 Å². The summed E-state index contributed by atoms with van der Waals surface area (Å²) >= 11 is 0. The molecule has 0 radical (unpaired) electrons. The number of phenols is 1. The molecule has 0 aliphatic heterocycles. The van der Waals surface area contributed by atoms with Crippen LogP contribution in [0.5, 0.6) is 17.2 Å². The SMILES string of the molecule is CNC(=O)Nc1ccc(O)c(C(F)(F)F)c1.CNC(=O)c1cc(Oc2ccc(C)c(C)c2)ccn1. The Morgan fingerprint density at radius 1 is 0.914 bits per heavy atom. The Kier molecular flexibility index (Phi) is 9.04. The monoisotopic (exact) mass is 490 g/mol. The highest BCUT2D eigenvalue weighted by molar-refractivity contribution is 5.92. The van der Waals surface area contributed by atoms with Crippen LogP contribution in [0, 0.1) is 13.8 Å². The number of amides is 3. The van der Waals surface area contributed by atoms with Gasteiger partial charge in [-0.3, -0.25) is 9.78 Å². The number of pyridine rings is 1. The highest BCUT2D eigenvalue weighted by Crippen LogP contribution is 2.37. The number of urea groups is 1. The van der Waals surface area contributed by atoms with Crippen LogP contribution in [0.3, 0.4) is 0 Å². The number of alkyl halides is 3. The molecule has 11 heteroatoms. The predicted octanol–water partition coefficient (Wildman–Crippen LogP) is 5.01. The van der Waals surface area contributed by atoms with E-state index >= 15 is 0 Å². The molecule has 186 valence electrons. The maximum Gasteiger partial charge on any atom is 0.420 e. The second-order valence-corrected chi connectivity index (χ2v) is 7.24. The number of carbonyl (C=O) groups is 2. The molecule has 1 aromatic heterocycles. The van der Waals surface area contributed by atoms with E-state index in [4.69, 9.17) is 9.84 Å². The third-order valence-electron chi connectivity index (χ3n) is 4.69. The van der Waals surface area contributed by atoms with E-state index in [1.807, 2.05) is 25.1 Å². The fraction of sp³-hybridized carbons (Fsp3) is 0.208. The summed E-state index contributed by atoms with van der Waals surface area (Å²) in [7, 11) is 2.90. The van der Waals surface area contributed by atoms with Gasteiger partial charge in [-0.05, 0) is 61.4 Å². The summed E-state index contributed by atoms with van der Waals surface area (Å²) in [6, 6.07) is 11.3. The Balaban J connectivity index is 0.000000251. The lowest BCUT2D eigenvalue weighted by molar-refractivity contribution is -0.138. The van der Waals surface area contributed by atoms with Gasteiger partial charge < -0.3 is 25.8 Å². The molecule has 0 fully saturated rings. The minimum atomic E-state index is -4.66. The first-order valence-corrected chi connectivity index (χ1v) is 10.3. The number of hydrogen-bond acceptors (Lipinski definition) is 5. The number of rotatable bonds is 4. The summed E-state index contributed by atoms with van der Waals surface area (Å²) in [6.45, 7) is 4.08. The number of aromatic hydroxyl groups is 1. The zero-order valence-electron chi connectivity index (χ0n) is 19.4. The van der Waals surface area contributed by atoms with Crippen molar-refractivity contribution in [1.82, 2.24) is 15.6 Å². The van der Waals surface area contributed by atoms with Crippen molar-refractivity contribution in [1.29, 1.82) is 0 Å². The minimum absolute atomic E-state index is 0.0514. The van der Waals surface area contributed by atoms with Gasteiger partial charge in [-0.25, -0.2) is 4.79 Å². The van der Waals surface area contributed by atoms with Gasteiger partial charge in [0.15, 0.2) is 0 Å². The molecule has 0 aliphatic rings. The molecule has 3 amide bonds. The topological polar surface area (TPSA) is 113 Å². The van der Waals surface area contributed by atoms with Crippen LogP contribution in [0.25, 0.3) is 0 Å². The standard InChI is InChI=1S/C15H16N2O2.C9H9F3N2O2/c1-10-4-5-12(8-11(10)2)19-13-6-7-17-14(9-13)15(18)16-3;1-13-8(16)14-5-2-3-7(15)6(4-5)9(10,11)12/h4-9H,1-3H3,(H,16,18);2-4,15H,1H3,(H2,13,14,16). The average Bonchev–Trinajstić information content (AvgIpc) is 2.82. The number of carbonyl (C=O) groups excluding carboxylic acids is 2. The number of halogens is 3. The van der Waals surface area contributed by atoms with Crippen molar-refractivity contribution in [3.63, 3.8) is 0 Å². The van der Waals surface area contributed by atoms with Crippen LogP contribution >= 0.6 is 0 Å². The molecule has 3 rings (SSSR count). The van der Waals surface area contributed by atoms with Crippen molar-refractivity contribution < 1.29 is 32.6 Å². The van der Waals surface area contributed by atoms with Gasteiger partial charge in [0, 0.05) is 32.0 Å². The largest absolute Gasteiger partial charge is 0.507 e. The summed E-state index contributed by atoms with van der Waals surface area (Å²) in [5, 5.41) is 15.9. The van der Waals surface area contributed by atoms with E-state index < -0.39 is 23.5 Å². The molecule has 0 spiro atoms. The number of phenolic OH excluding ortho intramolecular Hbond substituents is 1. The number of anilines is 1. The lowest BCUT2D eigenvalue weighted by Crippen LogP contribution is -2.24. The molecule has 0 atom stereocenters. The fourth-order valence-electron chi connectivity index (χ4n) is 2.67. The van der Waals surface area contributed by atoms with Crippen LogP contribution in [-0.2, 0) is 6.18 Å². The van der Waals surface area contributed by atoms with Crippen LogP contribution in [0.1, 0.15) is 27.2 Å². The molecule has 0 unspecified atom stereocenters. The summed E-state index contributed by atoms with van der Waals surface area (Å²) in [5.74, 6) is 0.231. The first-order valence-electron chi connectivity index (χ1n) is 10.3. The lowest BCUT2D eigenvalue weighted by atomic mass is 10.1. The van der Waals surface area contributed by atoms with E-state index in [2.05, 4.69) is 27.9 Å². The molecule has 35 heavy (non-hydrogen) atoms. The lowest BCUT2D eigenvalue weighted by Gasteiger charge is -2.11. The van der Waals surface area contributed by atoms with Crippen LogP contribution < -0.4 is 20.7 Å². The number of aromatic nitrogens is 1. The van der Waals surface area contributed by atoms with Crippen molar-refractivity contribution in [2.24, 2.45) is 0 Å². The number of ether oxygens (including phenoxy) is 1. The van der Waals surface area contributed by atoms with Gasteiger partial charge in [0.25, 0.3) is 5.91 Å². The van der Waals surface area contributed by atoms with Crippen LogP contribution in [0.4, 0.5) is 23.7 Å². The van der Waals surface area contributed by atoms with Crippen molar-refractivity contribution in [2.75, 3.05) is 19.4 Å². The summed E-state index contributed by atoms with van der Waals surface area (Å²) < 4.78 is 42.8. The number of benzene rings is 2. The second kappa shape index (κ2) is 11.7. The maximum absolute atomic E-state index is 12.4. The van der Waals surface area contributed by atoms with Crippen molar-refractivity contribution >= 4 is 17.6 Å². The van der Waals surface area contributed by atoms with Gasteiger partial charge in [-0.2, -0.15) is 13.2 Å². The van der Waals surface area contributed by atoms with Gasteiger partial charge in [-0.1, -0.05) is 6.07 Å². The molecular weight excluding hydrogens is 465 g/mol. The van der Waals surface area contributed by atoms with Crippen LogP contribution in [-0.4, -0.2) is 36.1 Å². The average molecular weight is 490 g/mol. The van der Waals surface area contributed by atoms with Gasteiger partial charge in [-0.15, -0.1) is 0 Å². The Morgan fingerprint density at radius 3 is 2.20 bits per heavy atom. The quantitative estimate of drug-likeness (QED) is 0.384. The zero-order valence-corrected chi connectivity index (χ0v) is 19.4. The number of aryl methyl sites for hydroxylation is 2. The summed E-state index contributed by atoms with van der Waals surface area (Å²) in [4.78, 5) is 26.3. The molecule has 3 aromatic rings. The van der Waals surface area contributed by atoms with E-state index in [9.17, 15) is 22.8 Å². The molecule has 4 N–H and O–H groups in total. The van der Waals surface area contributed by atoms with E-state index in [1.54, 1.807) is 25.4 Å². The van der Waals surface area contributed by atoms with E-state index in [1.165, 1.54) is 18.7 Å². The number of nitrogens with one attached hydrogen (secondary N) is 3. The van der Waals surface area contributed by atoms with Crippen molar-refractivity contribution in [3.8, 4) is 17.2 Å². The highest BCUT2D eigenvalue weighted by atomic mass is 19.4. The van der Waals surface area contributed by atoms with Gasteiger partial charge >= 0.3 is 12.2 Å². The Hall–Kier alpha value is -4.28. The van der Waals surface area contributed by atoms with E-state index in [0.29, 0.717) is 17.5 Å². The molecule has 0 bridgehead atoms. The van der Waals surface area contributed by atoms with Gasteiger partial charge in [0.05, 0.1) is 5.56 Å². The van der Waals surface area contributed by atoms with E-state index in [-0.39, 0.29) is 11.6 Å². The molecule has 2 aromatic carbocycles. The molecule has 0 saturated heterocycles. The normalized spacial score (nSPS) is 10.5. The molecule has 0 saturated carbocycles. The molecule has 1 heterocycles. The van der Waals surface area contributed by atoms with Gasteiger partial charge in [0.2, 0.25) is 0 Å². The number of nitrogens with zero attached hydrogens (tertiary/aromatic N) is 1. The fourth-order valence-corrected chi connectivity index (χ4v) is 2.67. The Bertz CT molecular complexity index is 1200. The summed E-state index contributed by atoms with van der Waals surface area (Å²) in [5.41, 5.74) is 1.47. The first-order chi connectivity index (χ1) is 16.4. The second-order valence-electron chi connectivity index (χ2n) is 7.24. The smallest absolute Gasteiger partial charge is 0.420 e. The molecular formula is C24H25F3N4O4. The third kappa shape index (κ3) is 7.91. The highest BCUT2D eigenvalue weighted by Gasteiger charge is 2.34. The van der Waals surface area contributed by atoms with Gasteiger partial charge in [0.1, 0.15) is 22.9 Å². The maximum atomic E-state index is 12.4. The minimum Gasteiger partial charge on any atom is -0.507 e.